The fourth-order valence-corrected chi connectivity index (χ4v) is 5.22. The second-order valence-electron chi connectivity index (χ2n) is 9.85. The first-order valence-electron chi connectivity index (χ1n) is 10.8. The molecule has 24 heavy (non-hydrogen) atoms. The van der Waals surface area contributed by atoms with Crippen LogP contribution in [0, 0.1) is 35.0 Å². The Morgan fingerprint density at radius 2 is 1.88 bits per heavy atom. The predicted octanol–water partition coefficient (Wildman–Crippen LogP) is 6.45. The van der Waals surface area contributed by atoms with Gasteiger partial charge in [-0.3, -0.25) is 0 Å². The lowest BCUT2D eigenvalue weighted by molar-refractivity contribution is 0.172. The molecule has 0 aromatic carbocycles. The smallest absolute Gasteiger partial charge is 0.00170 e. The first kappa shape index (κ1) is 20.0. The Hall–Kier alpha value is -0.300. The van der Waals surface area contributed by atoms with E-state index in [9.17, 15) is 0 Å². The fourth-order valence-electron chi connectivity index (χ4n) is 5.22. The molecule has 2 aliphatic rings. The van der Waals surface area contributed by atoms with Gasteiger partial charge in [-0.2, -0.15) is 0 Å². The zero-order chi connectivity index (χ0) is 17.6. The number of nitrogens with one attached hydrogen (secondary N) is 1. The molecule has 0 heterocycles. The molecule has 2 aliphatic carbocycles. The van der Waals surface area contributed by atoms with Gasteiger partial charge in [0.25, 0.3) is 0 Å². The molecule has 0 aromatic heterocycles. The maximum absolute atomic E-state index is 3.82. The molecular formula is C23H43N. The van der Waals surface area contributed by atoms with Crippen LogP contribution in [0.3, 0.4) is 0 Å². The van der Waals surface area contributed by atoms with Gasteiger partial charge in [0.1, 0.15) is 0 Å². The van der Waals surface area contributed by atoms with Crippen molar-refractivity contribution in [1.29, 1.82) is 0 Å². The molecule has 0 radical (unpaired) electrons. The van der Waals surface area contributed by atoms with Gasteiger partial charge >= 0.3 is 0 Å². The van der Waals surface area contributed by atoms with E-state index in [4.69, 9.17) is 0 Å². The molecule has 1 nitrogen and oxygen atoms in total. The summed E-state index contributed by atoms with van der Waals surface area (Å²) in [5.41, 5.74) is 0.463. The maximum Gasteiger partial charge on any atom is 0.00170 e. The Labute approximate surface area is 152 Å². The van der Waals surface area contributed by atoms with Gasteiger partial charge in [-0.25, -0.2) is 0 Å². The Kier molecular flexibility index (Phi) is 7.85. The Balaban J connectivity index is 1.67. The highest BCUT2D eigenvalue weighted by molar-refractivity contribution is 5.02. The second kappa shape index (κ2) is 9.41. The van der Waals surface area contributed by atoms with Crippen molar-refractivity contribution in [3.8, 4) is 0 Å². The third kappa shape index (κ3) is 5.90. The van der Waals surface area contributed by atoms with Gasteiger partial charge in [-0.05, 0) is 73.7 Å². The van der Waals surface area contributed by atoms with E-state index in [1.165, 1.54) is 64.5 Å². The molecule has 0 aromatic rings. The van der Waals surface area contributed by atoms with E-state index in [1.807, 2.05) is 0 Å². The van der Waals surface area contributed by atoms with Crippen molar-refractivity contribution in [1.82, 2.24) is 5.32 Å². The van der Waals surface area contributed by atoms with Crippen LogP contribution >= 0.6 is 0 Å². The van der Waals surface area contributed by atoms with Crippen LogP contribution in [-0.2, 0) is 0 Å². The fraction of sp³-hybridized carbons (Fsp3) is 0.913. The summed E-state index contributed by atoms with van der Waals surface area (Å²) in [4.78, 5) is 0. The van der Waals surface area contributed by atoms with Crippen LogP contribution in [0.1, 0.15) is 86.0 Å². The zero-order valence-electron chi connectivity index (χ0n) is 17.1. The maximum atomic E-state index is 3.82. The lowest BCUT2D eigenvalue weighted by Crippen LogP contribution is -2.36. The zero-order valence-corrected chi connectivity index (χ0v) is 17.1. The van der Waals surface area contributed by atoms with Crippen molar-refractivity contribution in [2.24, 2.45) is 35.0 Å². The first-order chi connectivity index (χ1) is 11.4. The summed E-state index contributed by atoms with van der Waals surface area (Å²) in [6, 6.07) is 0. The standard InChI is InChI=1S/C23H43N/c1-6-21(23(3,4)5)15-14-18(2)16-24-17-20-12-9-11-19-10-7-8-13-22(19)20/h9,12,18-22,24H,6-8,10-11,13-17H2,1-5H3. The van der Waals surface area contributed by atoms with Crippen LogP contribution in [0.25, 0.3) is 0 Å². The number of rotatable bonds is 8. The predicted molar refractivity (Wildman–Crippen MR) is 107 cm³/mol. The van der Waals surface area contributed by atoms with Gasteiger partial charge in [0.15, 0.2) is 0 Å². The summed E-state index contributed by atoms with van der Waals surface area (Å²) in [6.07, 6.45) is 16.3. The molecule has 0 spiro atoms. The van der Waals surface area contributed by atoms with Gasteiger partial charge in [0.2, 0.25) is 0 Å². The molecule has 0 bridgehead atoms. The summed E-state index contributed by atoms with van der Waals surface area (Å²) in [5, 5.41) is 3.82. The van der Waals surface area contributed by atoms with E-state index >= 15 is 0 Å². The highest BCUT2D eigenvalue weighted by atomic mass is 14.9. The van der Waals surface area contributed by atoms with Crippen LogP contribution in [-0.4, -0.2) is 13.1 Å². The van der Waals surface area contributed by atoms with Gasteiger partial charge < -0.3 is 5.32 Å². The summed E-state index contributed by atoms with van der Waals surface area (Å²) in [6.45, 7) is 14.4. The average molecular weight is 334 g/mol. The van der Waals surface area contributed by atoms with E-state index in [0.717, 1.165) is 29.6 Å². The Bertz CT molecular complexity index is 378. The van der Waals surface area contributed by atoms with Crippen LogP contribution < -0.4 is 5.32 Å². The summed E-state index contributed by atoms with van der Waals surface area (Å²) < 4.78 is 0. The molecule has 0 amide bonds. The normalized spacial score (nSPS) is 30.0. The van der Waals surface area contributed by atoms with E-state index in [2.05, 4.69) is 52.1 Å². The largest absolute Gasteiger partial charge is 0.316 e. The van der Waals surface area contributed by atoms with Gasteiger partial charge in [0, 0.05) is 6.54 Å². The van der Waals surface area contributed by atoms with Crippen molar-refractivity contribution < 1.29 is 0 Å². The van der Waals surface area contributed by atoms with Crippen LogP contribution in [0.5, 0.6) is 0 Å². The molecule has 0 aliphatic heterocycles. The molecule has 1 fully saturated rings. The van der Waals surface area contributed by atoms with Gasteiger partial charge in [-0.1, -0.05) is 66.0 Å². The van der Waals surface area contributed by atoms with Crippen LogP contribution in [0.4, 0.5) is 0 Å². The number of fused-ring (bicyclic) bond motifs is 1. The third-order valence-corrected chi connectivity index (χ3v) is 6.94. The van der Waals surface area contributed by atoms with E-state index in [-0.39, 0.29) is 0 Å². The van der Waals surface area contributed by atoms with Crippen molar-refractivity contribution in [2.45, 2.75) is 86.0 Å². The molecule has 1 saturated carbocycles. The average Bonchev–Trinajstić information content (AvgIpc) is 2.54. The van der Waals surface area contributed by atoms with E-state index < -0.39 is 0 Å². The van der Waals surface area contributed by atoms with Crippen molar-refractivity contribution >= 4 is 0 Å². The summed E-state index contributed by atoms with van der Waals surface area (Å²) in [5.74, 6) is 4.43. The van der Waals surface area contributed by atoms with Crippen LogP contribution in [0.15, 0.2) is 12.2 Å². The lowest BCUT2D eigenvalue weighted by Gasteiger charge is -2.38. The van der Waals surface area contributed by atoms with Gasteiger partial charge in [-0.15, -0.1) is 0 Å². The minimum Gasteiger partial charge on any atom is -0.316 e. The Morgan fingerprint density at radius 3 is 2.58 bits per heavy atom. The first-order valence-corrected chi connectivity index (χ1v) is 10.8. The van der Waals surface area contributed by atoms with E-state index in [1.54, 1.807) is 0 Å². The number of allylic oxidation sites excluding steroid dienone is 1. The monoisotopic (exact) mass is 333 g/mol. The quantitative estimate of drug-likeness (QED) is 0.503. The second-order valence-corrected chi connectivity index (χ2v) is 9.85. The molecule has 1 heteroatoms. The third-order valence-electron chi connectivity index (χ3n) is 6.94. The van der Waals surface area contributed by atoms with E-state index in [0.29, 0.717) is 5.41 Å². The highest BCUT2D eigenvalue weighted by Gasteiger charge is 2.32. The number of hydrogen-bond donors (Lipinski definition) is 1. The molecule has 1 N–H and O–H groups in total. The highest BCUT2D eigenvalue weighted by Crippen LogP contribution is 2.40. The van der Waals surface area contributed by atoms with Crippen molar-refractivity contribution in [2.75, 3.05) is 13.1 Å². The SMILES string of the molecule is CCC(CCC(C)CNCC1C=CCC2CCCCC12)C(C)(C)C. The summed E-state index contributed by atoms with van der Waals surface area (Å²) >= 11 is 0. The number of hydrogen-bond acceptors (Lipinski definition) is 1. The Morgan fingerprint density at radius 1 is 1.12 bits per heavy atom. The van der Waals surface area contributed by atoms with Crippen LogP contribution in [0.2, 0.25) is 0 Å². The summed E-state index contributed by atoms with van der Waals surface area (Å²) in [7, 11) is 0. The lowest BCUT2D eigenvalue weighted by atomic mass is 9.68. The van der Waals surface area contributed by atoms with Crippen molar-refractivity contribution in [3.05, 3.63) is 12.2 Å². The van der Waals surface area contributed by atoms with Crippen molar-refractivity contribution in [3.63, 3.8) is 0 Å². The van der Waals surface area contributed by atoms with Gasteiger partial charge in [0.05, 0.1) is 0 Å². The minimum absolute atomic E-state index is 0.463. The molecule has 140 valence electrons. The molecular weight excluding hydrogens is 290 g/mol. The molecule has 2 rings (SSSR count). The molecule has 5 unspecified atom stereocenters. The molecule has 5 atom stereocenters. The molecule has 0 saturated heterocycles. The minimum atomic E-state index is 0.463. The topological polar surface area (TPSA) is 12.0 Å².